The molecule has 0 aromatic heterocycles. The molecule has 104 valence electrons. The van der Waals surface area contributed by atoms with Crippen molar-refractivity contribution >= 4 is 5.91 Å². The van der Waals surface area contributed by atoms with E-state index < -0.39 is 0 Å². The zero-order valence-electron chi connectivity index (χ0n) is 11.6. The summed E-state index contributed by atoms with van der Waals surface area (Å²) in [6.45, 7) is 2.93. The number of benzene rings is 1. The van der Waals surface area contributed by atoms with E-state index in [1.807, 2.05) is 12.1 Å². The molecule has 1 aromatic rings. The maximum atomic E-state index is 11.5. The summed E-state index contributed by atoms with van der Waals surface area (Å²) < 4.78 is 5.16. The Balaban J connectivity index is 1.94. The van der Waals surface area contributed by atoms with Crippen molar-refractivity contribution in [3.8, 4) is 5.75 Å². The van der Waals surface area contributed by atoms with Crippen molar-refractivity contribution in [2.75, 3.05) is 13.7 Å². The summed E-state index contributed by atoms with van der Waals surface area (Å²) in [7, 11) is 1.67. The number of amides is 1. The molecule has 1 aliphatic heterocycles. The molecule has 4 nitrogen and oxygen atoms in total. The number of hydrogen-bond acceptors (Lipinski definition) is 3. The van der Waals surface area contributed by atoms with E-state index >= 15 is 0 Å². The lowest BCUT2D eigenvalue weighted by Gasteiger charge is -2.21. The van der Waals surface area contributed by atoms with Gasteiger partial charge in [-0.15, -0.1) is 0 Å². The predicted molar refractivity (Wildman–Crippen MR) is 75.2 cm³/mol. The monoisotopic (exact) mass is 262 g/mol. The Kier molecular flexibility index (Phi) is 4.80. The second kappa shape index (κ2) is 6.57. The molecule has 1 aliphatic rings. The first kappa shape index (κ1) is 13.9. The lowest BCUT2D eigenvalue weighted by Crippen LogP contribution is -2.34. The lowest BCUT2D eigenvalue weighted by atomic mass is 10.0. The molecule has 4 heteroatoms. The highest BCUT2D eigenvalue weighted by molar-refractivity contribution is 5.76. The fraction of sp³-hybridized carbons (Fsp3) is 0.533. The lowest BCUT2D eigenvalue weighted by molar-refractivity contribution is -0.121. The molecule has 2 atom stereocenters. The predicted octanol–water partition coefficient (Wildman–Crippen LogP) is 2.01. The first-order valence-corrected chi connectivity index (χ1v) is 6.85. The average Bonchev–Trinajstić information content (AvgIpc) is 2.63. The molecule has 1 fully saturated rings. The van der Waals surface area contributed by atoms with E-state index in [0.717, 1.165) is 25.1 Å². The van der Waals surface area contributed by atoms with Gasteiger partial charge in [-0.05, 0) is 37.5 Å². The Bertz CT molecular complexity index is 417. The van der Waals surface area contributed by atoms with Crippen molar-refractivity contribution in [1.29, 1.82) is 0 Å². The summed E-state index contributed by atoms with van der Waals surface area (Å²) >= 11 is 0. The van der Waals surface area contributed by atoms with Gasteiger partial charge in [0.05, 0.1) is 7.11 Å². The average molecular weight is 262 g/mol. The van der Waals surface area contributed by atoms with Crippen LogP contribution in [0.1, 0.15) is 37.8 Å². The van der Waals surface area contributed by atoms with E-state index in [9.17, 15) is 4.79 Å². The van der Waals surface area contributed by atoms with E-state index in [1.54, 1.807) is 7.11 Å². The van der Waals surface area contributed by atoms with Crippen molar-refractivity contribution in [3.63, 3.8) is 0 Å². The molecule has 2 N–H and O–H groups in total. The maximum absolute atomic E-state index is 11.5. The summed E-state index contributed by atoms with van der Waals surface area (Å²) in [5, 5.41) is 6.45. The minimum atomic E-state index is 0.150. The zero-order valence-corrected chi connectivity index (χ0v) is 11.6. The number of carbonyl (C=O) groups excluding carboxylic acids is 1. The quantitative estimate of drug-likeness (QED) is 0.872. The molecule has 1 amide bonds. The minimum absolute atomic E-state index is 0.150. The number of methoxy groups -OCH3 is 1. The van der Waals surface area contributed by atoms with Gasteiger partial charge in [-0.3, -0.25) is 4.79 Å². The van der Waals surface area contributed by atoms with Crippen LogP contribution in [0.5, 0.6) is 5.75 Å². The largest absolute Gasteiger partial charge is 0.497 e. The molecular weight excluding hydrogens is 240 g/mol. The molecule has 1 heterocycles. The topological polar surface area (TPSA) is 50.4 Å². The third-order valence-corrected chi connectivity index (χ3v) is 3.58. The van der Waals surface area contributed by atoms with E-state index in [2.05, 4.69) is 29.7 Å². The molecule has 0 aliphatic carbocycles. The van der Waals surface area contributed by atoms with E-state index in [-0.39, 0.29) is 18.0 Å². The number of nitrogens with one attached hydrogen (secondary N) is 2. The second-order valence-electron chi connectivity index (χ2n) is 5.05. The van der Waals surface area contributed by atoms with Gasteiger partial charge < -0.3 is 15.4 Å². The molecular formula is C15H22N2O2. The van der Waals surface area contributed by atoms with Gasteiger partial charge in [0.1, 0.15) is 5.75 Å². The molecule has 2 rings (SSSR count). The molecule has 19 heavy (non-hydrogen) atoms. The first-order valence-electron chi connectivity index (χ1n) is 6.85. The highest BCUT2D eigenvalue weighted by atomic mass is 16.5. The van der Waals surface area contributed by atoms with Crippen LogP contribution < -0.4 is 15.4 Å². The first-order chi connectivity index (χ1) is 9.19. The Labute approximate surface area is 114 Å². The van der Waals surface area contributed by atoms with Gasteiger partial charge in [0, 0.05) is 25.0 Å². The van der Waals surface area contributed by atoms with Gasteiger partial charge in [0.15, 0.2) is 0 Å². The normalized spacial score (nSPS) is 21.4. The van der Waals surface area contributed by atoms with Crippen molar-refractivity contribution in [1.82, 2.24) is 10.6 Å². The van der Waals surface area contributed by atoms with E-state index in [4.69, 9.17) is 4.74 Å². The minimum Gasteiger partial charge on any atom is -0.497 e. The van der Waals surface area contributed by atoms with Crippen LogP contribution in [0.3, 0.4) is 0 Å². The molecule has 0 spiro atoms. The van der Waals surface area contributed by atoms with Crippen LogP contribution in [-0.2, 0) is 4.79 Å². The summed E-state index contributed by atoms with van der Waals surface area (Å²) in [6.07, 6.45) is 2.65. The molecule has 0 saturated carbocycles. The zero-order chi connectivity index (χ0) is 13.7. The highest BCUT2D eigenvalue weighted by Crippen LogP contribution is 2.19. The van der Waals surface area contributed by atoms with E-state index in [1.165, 1.54) is 5.56 Å². The van der Waals surface area contributed by atoms with Gasteiger partial charge in [-0.1, -0.05) is 12.1 Å². The van der Waals surface area contributed by atoms with Crippen molar-refractivity contribution in [2.24, 2.45) is 0 Å². The van der Waals surface area contributed by atoms with Crippen molar-refractivity contribution in [2.45, 2.75) is 38.3 Å². The van der Waals surface area contributed by atoms with Crippen LogP contribution in [0.15, 0.2) is 24.3 Å². The number of carbonyl (C=O) groups is 1. The molecule has 0 bridgehead atoms. The fourth-order valence-corrected chi connectivity index (χ4v) is 2.46. The van der Waals surface area contributed by atoms with Crippen LogP contribution in [0, 0.1) is 0 Å². The summed E-state index contributed by atoms with van der Waals surface area (Å²) in [6, 6.07) is 8.56. The number of hydrogen-bond donors (Lipinski definition) is 2. The maximum Gasteiger partial charge on any atom is 0.221 e. The van der Waals surface area contributed by atoms with Gasteiger partial charge in [0.25, 0.3) is 0 Å². The smallest absolute Gasteiger partial charge is 0.221 e. The Morgan fingerprint density at radius 3 is 2.79 bits per heavy atom. The SMILES string of the molecule is COc1ccc([C@H](C)NC2CCCNC(=O)C2)cc1. The third kappa shape index (κ3) is 3.96. The molecule has 1 saturated heterocycles. The van der Waals surface area contributed by atoms with Gasteiger partial charge >= 0.3 is 0 Å². The Hall–Kier alpha value is -1.55. The second-order valence-corrected chi connectivity index (χ2v) is 5.05. The van der Waals surface area contributed by atoms with Crippen LogP contribution in [0.4, 0.5) is 0 Å². The van der Waals surface area contributed by atoms with Gasteiger partial charge in [-0.25, -0.2) is 0 Å². The van der Waals surface area contributed by atoms with Crippen LogP contribution in [-0.4, -0.2) is 25.6 Å². The van der Waals surface area contributed by atoms with E-state index in [0.29, 0.717) is 6.42 Å². The standard InChI is InChI=1S/C15H22N2O2/c1-11(12-5-7-14(19-2)8-6-12)17-13-4-3-9-16-15(18)10-13/h5-8,11,13,17H,3-4,9-10H2,1-2H3,(H,16,18)/t11-,13?/m0/s1. The van der Waals surface area contributed by atoms with Gasteiger partial charge in [-0.2, -0.15) is 0 Å². The Morgan fingerprint density at radius 1 is 1.37 bits per heavy atom. The summed E-state index contributed by atoms with van der Waals surface area (Å²) in [5.41, 5.74) is 1.21. The fourth-order valence-electron chi connectivity index (χ4n) is 2.46. The summed E-state index contributed by atoms with van der Waals surface area (Å²) in [5.74, 6) is 1.02. The summed E-state index contributed by atoms with van der Waals surface area (Å²) in [4.78, 5) is 11.5. The van der Waals surface area contributed by atoms with Crippen molar-refractivity contribution in [3.05, 3.63) is 29.8 Å². The third-order valence-electron chi connectivity index (χ3n) is 3.58. The number of rotatable bonds is 4. The molecule has 1 aromatic carbocycles. The highest BCUT2D eigenvalue weighted by Gasteiger charge is 2.19. The van der Waals surface area contributed by atoms with Crippen LogP contribution in [0.25, 0.3) is 0 Å². The molecule has 1 unspecified atom stereocenters. The van der Waals surface area contributed by atoms with Crippen LogP contribution in [0.2, 0.25) is 0 Å². The van der Waals surface area contributed by atoms with Crippen molar-refractivity contribution < 1.29 is 9.53 Å². The van der Waals surface area contributed by atoms with Crippen LogP contribution >= 0.6 is 0 Å². The Morgan fingerprint density at radius 2 is 2.11 bits per heavy atom. The van der Waals surface area contributed by atoms with Gasteiger partial charge in [0.2, 0.25) is 5.91 Å². The number of ether oxygens (including phenoxy) is 1. The molecule has 0 radical (unpaired) electrons.